The van der Waals surface area contributed by atoms with Crippen molar-refractivity contribution in [1.29, 1.82) is 0 Å². The van der Waals surface area contributed by atoms with Gasteiger partial charge in [-0.3, -0.25) is 15.0 Å². The van der Waals surface area contributed by atoms with Gasteiger partial charge >= 0.3 is 0 Å². The van der Waals surface area contributed by atoms with Crippen LogP contribution in [0.2, 0.25) is 0 Å². The fraction of sp³-hybridized carbons (Fsp3) is 0.400. The molecule has 1 atom stereocenters. The molecule has 0 aromatic heterocycles. The van der Waals surface area contributed by atoms with Crippen LogP contribution in [0.1, 0.15) is 0 Å². The van der Waals surface area contributed by atoms with Crippen molar-refractivity contribution in [2.24, 2.45) is 0 Å². The van der Waals surface area contributed by atoms with E-state index in [0.717, 1.165) is 31.9 Å². The molecule has 8 nitrogen and oxygen atoms in total. The molecule has 166 valence electrons. The molecule has 1 unspecified atom stereocenters. The van der Waals surface area contributed by atoms with E-state index in [2.05, 4.69) is 21.9 Å². The smallest absolute Gasteiger partial charge is 0.269 e. The molecule has 1 saturated heterocycles. The number of benzene rings is 2. The highest BCUT2D eigenvalue weighted by Gasteiger charge is 2.20. The number of aliphatic hydroxyl groups excluding tert-OH is 1. The fourth-order valence-corrected chi connectivity index (χ4v) is 3.19. The van der Waals surface area contributed by atoms with Crippen LogP contribution < -0.4 is 14.4 Å². The van der Waals surface area contributed by atoms with E-state index in [-0.39, 0.29) is 37.1 Å². The van der Waals surface area contributed by atoms with Crippen LogP contribution in [0.25, 0.3) is 0 Å². The zero-order valence-electron chi connectivity index (χ0n) is 16.7. The van der Waals surface area contributed by atoms with E-state index in [1.54, 1.807) is 19.2 Å². The summed E-state index contributed by atoms with van der Waals surface area (Å²) in [4.78, 5) is 14.7. The highest BCUT2D eigenvalue weighted by Crippen LogP contribution is 2.21. The summed E-state index contributed by atoms with van der Waals surface area (Å²) in [7, 11) is 1.66. The molecular weight excluding hydrogens is 433 g/mol. The molecule has 1 aliphatic rings. The first-order valence-corrected chi connectivity index (χ1v) is 9.22. The monoisotopic (exact) mass is 459 g/mol. The van der Waals surface area contributed by atoms with Crippen LogP contribution in [0, 0.1) is 10.1 Å². The normalized spacial score (nSPS) is 14.8. The van der Waals surface area contributed by atoms with E-state index in [4.69, 9.17) is 9.47 Å². The maximum atomic E-state index is 10.7. The van der Waals surface area contributed by atoms with Gasteiger partial charge in [-0.15, -0.1) is 24.8 Å². The van der Waals surface area contributed by atoms with Crippen molar-refractivity contribution in [3.8, 4) is 11.5 Å². The largest absolute Gasteiger partial charge is 0.497 e. The molecular formula is C20H27Cl2N3O5. The van der Waals surface area contributed by atoms with E-state index < -0.39 is 11.0 Å². The Morgan fingerprint density at radius 2 is 1.57 bits per heavy atom. The minimum Gasteiger partial charge on any atom is -0.497 e. The van der Waals surface area contributed by atoms with Crippen molar-refractivity contribution in [2.45, 2.75) is 6.10 Å². The molecule has 0 bridgehead atoms. The topological polar surface area (TPSA) is 88.3 Å². The van der Waals surface area contributed by atoms with Crippen LogP contribution in [-0.4, -0.2) is 67.5 Å². The third-order valence-electron chi connectivity index (χ3n) is 4.77. The van der Waals surface area contributed by atoms with Gasteiger partial charge in [0, 0.05) is 50.5 Å². The standard InChI is InChI=1S/C20H25N3O5.2ClH/c1-27-19-6-2-16(3-7-19)22-12-10-21(11-13-22)14-18(24)15-28-20-8-4-17(5-9-20)23(25)26;;/h2-9,18,24H,10-15H2,1H3;2*1H. The maximum absolute atomic E-state index is 10.7. The van der Waals surface area contributed by atoms with Crippen LogP contribution in [0.5, 0.6) is 11.5 Å². The second-order valence-corrected chi connectivity index (χ2v) is 6.70. The van der Waals surface area contributed by atoms with Gasteiger partial charge < -0.3 is 19.5 Å². The second-order valence-electron chi connectivity index (χ2n) is 6.70. The third kappa shape index (κ3) is 7.21. The predicted molar refractivity (Wildman–Crippen MR) is 121 cm³/mol. The predicted octanol–water partition coefficient (Wildman–Crippen LogP) is 3.01. The first-order valence-electron chi connectivity index (χ1n) is 9.22. The Morgan fingerprint density at radius 3 is 2.10 bits per heavy atom. The number of rotatable bonds is 8. The number of non-ortho nitro benzene ring substituents is 1. The Hall–Kier alpha value is -2.26. The number of ether oxygens (including phenoxy) is 2. The van der Waals surface area contributed by atoms with Crippen LogP contribution in [-0.2, 0) is 0 Å². The Kier molecular flexibility index (Phi) is 10.7. The summed E-state index contributed by atoms with van der Waals surface area (Å²) in [5.41, 5.74) is 1.19. The van der Waals surface area contributed by atoms with Crippen molar-refractivity contribution in [2.75, 3.05) is 51.3 Å². The average molecular weight is 460 g/mol. The molecule has 3 rings (SSSR count). The average Bonchev–Trinajstić information content (AvgIpc) is 2.73. The maximum Gasteiger partial charge on any atom is 0.269 e. The molecule has 0 spiro atoms. The fourth-order valence-electron chi connectivity index (χ4n) is 3.19. The highest BCUT2D eigenvalue weighted by molar-refractivity contribution is 5.85. The lowest BCUT2D eigenvalue weighted by Gasteiger charge is -2.36. The van der Waals surface area contributed by atoms with Gasteiger partial charge in [-0.05, 0) is 36.4 Å². The number of hydrogen-bond acceptors (Lipinski definition) is 7. The van der Waals surface area contributed by atoms with E-state index in [1.165, 1.54) is 17.8 Å². The molecule has 2 aromatic rings. The molecule has 1 N–H and O–H groups in total. The lowest BCUT2D eigenvalue weighted by atomic mass is 10.2. The van der Waals surface area contributed by atoms with Gasteiger partial charge in [-0.1, -0.05) is 0 Å². The number of nitrogens with zero attached hydrogens (tertiary/aromatic N) is 3. The number of anilines is 1. The molecule has 0 saturated carbocycles. The quantitative estimate of drug-likeness (QED) is 0.479. The molecule has 2 aromatic carbocycles. The van der Waals surface area contributed by atoms with Gasteiger partial charge in [-0.2, -0.15) is 0 Å². The zero-order valence-corrected chi connectivity index (χ0v) is 18.3. The Labute approximate surface area is 188 Å². The molecule has 0 aliphatic carbocycles. The summed E-state index contributed by atoms with van der Waals surface area (Å²) < 4.78 is 10.7. The zero-order chi connectivity index (χ0) is 19.9. The summed E-state index contributed by atoms with van der Waals surface area (Å²) >= 11 is 0. The first kappa shape index (κ1) is 25.8. The summed E-state index contributed by atoms with van der Waals surface area (Å²) in [5, 5.41) is 20.9. The summed E-state index contributed by atoms with van der Waals surface area (Å²) in [6.07, 6.45) is -0.622. The molecule has 1 heterocycles. The van der Waals surface area contributed by atoms with Crippen molar-refractivity contribution in [1.82, 2.24) is 4.90 Å². The molecule has 0 radical (unpaired) electrons. The minimum atomic E-state index is -0.622. The van der Waals surface area contributed by atoms with E-state index in [0.29, 0.717) is 12.3 Å². The van der Waals surface area contributed by atoms with Crippen molar-refractivity contribution in [3.05, 3.63) is 58.6 Å². The number of nitro benzene ring substituents is 1. The van der Waals surface area contributed by atoms with Gasteiger partial charge in [0.05, 0.1) is 12.0 Å². The van der Waals surface area contributed by atoms with Crippen LogP contribution in [0.3, 0.4) is 0 Å². The number of piperazine rings is 1. The lowest BCUT2D eigenvalue weighted by molar-refractivity contribution is -0.384. The van der Waals surface area contributed by atoms with Gasteiger partial charge in [0.25, 0.3) is 5.69 Å². The summed E-state index contributed by atoms with van der Waals surface area (Å²) in [5.74, 6) is 1.35. The van der Waals surface area contributed by atoms with Crippen molar-refractivity contribution < 1.29 is 19.5 Å². The lowest BCUT2D eigenvalue weighted by Crippen LogP contribution is -2.49. The van der Waals surface area contributed by atoms with Gasteiger partial charge in [0.1, 0.15) is 24.2 Å². The molecule has 1 fully saturated rings. The van der Waals surface area contributed by atoms with Gasteiger partial charge in [-0.25, -0.2) is 0 Å². The Morgan fingerprint density at radius 1 is 1.00 bits per heavy atom. The number of aliphatic hydroxyl groups is 1. The number of methoxy groups -OCH3 is 1. The Balaban J connectivity index is 0.00000225. The number of nitro groups is 1. The second kappa shape index (κ2) is 12.4. The van der Waals surface area contributed by atoms with Crippen molar-refractivity contribution >= 4 is 36.2 Å². The number of β-amino-alcohol motifs (C(OH)–C–C–N with tert-alkyl or cyclic N) is 1. The third-order valence-corrected chi connectivity index (χ3v) is 4.77. The van der Waals surface area contributed by atoms with Crippen molar-refractivity contribution in [3.63, 3.8) is 0 Å². The van der Waals surface area contributed by atoms with E-state index >= 15 is 0 Å². The Bertz CT molecular complexity index is 769. The van der Waals surface area contributed by atoms with Crippen LogP contribution >= 0.6 is 24.8 Å². The number of hydrogen-bond donors (Lipinski definition) is 1. The molecule has 10 heteroatoms. The van der Waals surface area contributed by atoms with E-state index in [1.807, 2.05) is 12.1 Å². The van der Waals surface area contributed by atoms with Crippen LogP contribution in [0.4, 0.5) is 11.4 Å². The summed E-state index contributed by atoms with van der Waals surface area (Å²) in [6, 6.07) is 13.9. The molecule has 30 heavy (non-hydrogen) atoms. The minimum absolute atomic E-state index is 0. The molecule has 0 amide bonds. The van der Waals surface area contributed by atoms with Gasteiger partial charge in [0.2, 0.25) is 0 Å². The molecule has 1 aliphatic heterocycles. The summed E-state index contributed by atoms with van der Waals surface area (Å²) in [6.45, 7) is 4.19. The number of halogens is 2. The van der Waals surface area contributed by atoms with Crippen LogP contribution in [0.15, 0.2) is 48.5 Å². The van der Waals surface area contributed by atoms with E-state index in [9.17, 15) is 15.2 Å². The SMILES string of the molecule is COc1ccc(N2CCN(CC(O)COc3ccc([N+](=O)[O-])cc3)CC2)cc1.Cl.Cl. The first-order chi connectivity index (χ1) is 13.5. The highest BCUT2D eigenvalue weighted by atomic mass is 35.5. The van der Waals surface area contributed by atoms with Gasteiger partial charge in [0.15, 0.2) is 0 Å².